The number of imide groups is 1. The van der Waals surface area contributed by atoms with Crippen LogP contribution in [-0.2, 0) is 11.0 Å². The summed E-state index contributed by atoms with van der Waals surface area (Å²) in [4.78, 5) is 24.4. The molecule has 1 aliphatic heterocycles. The molecule has 1 aromatic rings. The van der Waals surface area contributed by atoms with Gasteiger partial charge < -0.3 is 10.6 Å². The molecule has 1 heterocycles. The van der Waals surface area contributed by atoms with Crippen molar-refractivity contribution in [1.29, 1.82) is 0 Å². The highest BCUT2D eigenvalue weighted by molar-refractivity contribution is 6.06. The van der Waals surface area contributed by atoms with E-state index in [4.69, 9.17) is 0 Å². The summed E-state index contributed by atoms with van der Waals surface area (Å²) < 4.78 is 37.7. The zero-order valence-corrected chi connectivity index (χ0v) is 11.4. The molecule has 0 saturated carbocycles. The minimum atomic E-state index is -4.44. The first kappa shape index (κ1) is 15.1. The first-order valence-corrected chi connectivity index (χ1v) is 6.16. The lowest BCUT2D eigenvalue weighted by molar-refractivity contribution is -0.137. The molecule has 2 N–H and O–H groups in total. The molecule has 0 spiro atoms. The van der Waals surface area contributed by atoms with E-state index in [-0.39, 0.29) is 12.4 Å². The minimum Gasteiger partial charge on any atom is -0.367 e. The molecule has 5 nitrogen and oxygen atoms in total. The Kier molecular flexibility index (Phi) is 3.56. The molecular formula is C13H14F3N3O2. The van der Waals surface area contributed by atoms with Crippen molar-refractivity contribution in [3.8, 4) is 0 Å². The Morgan fingerprint density at radius 2 is 1.95 bits per heavy atom. The molecule has 8 heteroatoms. The van der Waals surface area contributed by atoms with Crippen LogP contribution in [-0.4, -0.2) is 29.0 Å². The average molecular weight is 301 g/mol. The highest BCUT2D eigenvalue weighted by atomic mass is 19.4. The Hall–Kier alpha value is -2.25. The molecular weight excluding hydrogens is 287 g/mol. The highest BCUT2D eigenvalue weighted by Crippen LogP contribution is 2.30. The van der Waals surface area contributed by atoms with Gasteiger partial charge in [-0.1, -0.05) is 6.07 Å². The predicted octanol–water partition coefficient (Wildman–Crippen LogP) is 2.41. The molecule has 0 unspecified atom stereocenters. The summed E-state index contributed by atoms with van der Waals surface area (Å²) in [5.41, 5.74) is -1.63. The summed E-state index contributed by atoms with van der Waals surface area (Å²) in [6.45, 7) is 2.91. The SMILES string of the molecule is CC1(C)NC(=O)N(CNc2cccc(C(F)(F)F)c2)C1=O. The average Bonchev–Trinajstić information content (AvgIpc) is 2.56. The quantitative estimate of drug-likeness (QED) is 0.843. The smallest absolute Gasteiger partial charge is 0.367 e. The third-order valence-electron chi connectivity index (χ3n) is 3.08. The van der Waals surface area contributed by atoms with Crippen LogP contribution in [0.5, 0.6) is 0 Å². The Morgan fingerprint density at radius 3 is 2.48 bits per heavy atom. The fourth-order valence-corrected chi connectivity index (χ4v) is 1.94. The van der Waals surface area contributed by atoms with Gasteiger partial charge in [0.15, 0.2) is 0 Å². The molecule has 2 rings (SSSR count). The van der Waals surface area contributed by atoms with Gasteiger partial charge in [-0.15, -0.1) is 0 Å². The van der Waals surface area contributed by atoms with Crippen LogP contribution in [0, 0.1) is 0 Å². The highest BCUT2D eigenvalue weighted by Gasteiger charge is 2.44. The number of nitrogens with zero attached hydrogens (tertiary/aromatic N) is 1. The van der Waals surface area contributed by atoms with Gasteiger partial charge in [-0.2, -0.15) is 13.2 Å². The van der Waals surface area contributed by atoms with Crippen molar-refractivity contribution in [3.05, 3.63) is 29.8 Å². The van der Waals surface area contributed by atoms with Crippen LogP contribution in [0.2, 0.25) is 0 Å². The number of alkyl halides is 3. The third-order valence-corrected chi connectivity index (χ3v) is 3.08. The van der Waals surface area contributed by atoms with Crippen LogP contribution in [0.4, 0.5) is 23.7 Å². The summed E-state index contributed by atoms with van der Waals surface area (Å²) in [6, 6.07) is 3.97. The third kappa shape index (κ3) is 3.09. The van der Waals surface area contributed by atoms with Gasteiger partial charge in [0.05, 0.1) is 12.2 Å². The van der Waals surface area contributed by atoms with Crippen LogP contribution in [0.3, 0.4) is 0 Å². The Bertz CT molecular complexity index is 584. The van der Waals surface area contributed by atoms with Crippen molar-refractivity contribution < 1.29 is 22.8 Å². The van der Waals surface area contributed by atoms with Gasteiger partial charge in [0.2, 0.25) is 0 Å². The lowest BCUT2D eigenvalue weighted by Gasteiger charge is -2.17. The van der Waals surface area contributed by atoms with Gasteiger partial charge in [-0.05, 0) is 32.0 Å². The summed E-state index contributed by atoms with van der Waals surface area (Å²) >= 11 is 0. The Morgan fingerprint density at radius 1 is 1.29 bits per heavy atom. The fraction of sp³-hybridized carbons (Fsp3) is 0.385. The number of hydrogen-bond acceptors (Lipinski definition) is 3. The maximum atomic E-state index is 12.6. The van der Waals surface area contributed by atoms with Crippen LogP contribution in [0.25, 0.3) is 0 Å². The topological polar surface area (TPSA) is 61.4 Å². The molecule has 114 valence electrons. The van der Waals surface area contributed by atoms with Crippen molar-refractivity contribution in [2.45, 2.75) is 25.6 Å². The van der Waals surface area contributed by atoms with E-state index < -0.39 is 29.2 Å². The van der Waals surface area contributed by atoms with Crippen molar-refractivity contribution in [2.75, 3.05) is 12.0 Å². The second-order valence-electron chi connectivity index (χ2n) is 5.20. The van der Waals surface area contributed by atoms with Gasteiger partial charge in [0, 0.05) is 5.69 Å². The van der Waals surface area contributed by atoms with Crippen LogP contribution in [0.1, 0.15) is 19.4 Å². The Balaban J connectivity index is 2.07. The fourth-order valence-electron chi connectivity index (χ4n) is 1.94. The normalized spacial score (nSPS) is 17.9. The number of nitrogens with one attached hydrogen (secondary N) is 2. The van der Waals surface area contributed by atoms with Crippen molar-refractivity contribution in [2.24, 2.45) is 0 Å². The van der Waals surface area contributed by atoms with E-state index in [1.54, 1.807) is 13.8 Å². The van der Waals surface area contributed by atoms with E-state index in [1.807, 2.05) is 0 Å². The first-order valence-electron chi connectivity index (χ1n) is 6.16. The number of carbonyl (C=O) groups excluding carboxylic acids is 2. The second kappa shape index (κ2) is 4.94. The molecule has 21 heavy (non-hydrogen) atoms. The molecule has 0 aromatic heterocycles. The molecule has 1 fully saturated rings. The summed E-state index contributed by atoms with van der Waals surface area (Å²) in [5, 5.41) is 5.12. The van der Waals surface area contributed by atoms with E-state index in [1.165, 1.54) is 12.1 Å². The van der Waals surface area contributed by atoms with Gasteiger partial charge >= 0.3 is 12.2 Å². The number of benzene rings is 1. The standard InChI is InChI=1S/C13H14F3N3O2/c1-12(2)10(20)19(11(21)18-12)7-17-9-5-3-4-8(6-9)13(14,15)16/h3-6,17H,7H2,1-2H3,(H,18,21). The number of anilines is 1. The van der Waals surface area contributed by atoms with E-state index in [2.05, 4.69) is 10.6 Å². The van der Waals surface area contributed by atoms with Crippen molar-refractivity contribution >= 4 is 17.6 Å². The summed E-state index contributed by atoms with van der Waals surface area (Å²) in [5.74, 6) is -0.438. The number of urea groups is 1. The van der Waals surface area contributed by atoms with E-state index in [0.717, 1.165) is 17.0 Å². The molecule has 0 atom stereocenters. The number of amides is 3. The maximum absolute atomic E-state index is 12.6. The number of carbonyl (C=O) groups is 2. The lowest BCUT2D eigenvalue weighted by Crippen LogP contribution is -2.41. The zero-order valence-electron chi connectivity index (χ0n) is 11.4. The summed E-state index contributed by atoms with van der Waals surface area (Å²) in [6.07, 6.45) is -4.44. The minimum absolute atomic E-state index is 0.176. The van der Waals surface area contributed by atoms with Gasteiger partial charge in [0.1, 0.15) is 5.54 Å². The Labute approximate surface area is 119 Å². The lowest BCUT2D eigenvalue weighted by atomic mass is 10.1. The number of rotatable bonds is 3. The molecule has 0 bridgehead atoms. The molecule has 0 aliphatic carbocycles. The maximum Gasteiger partial charge on any atom is 0.416 e. The predicted molar refractivity (Wildman–Crippen MR) is 69.4 cm³/mol. The van der Waals surface area contributed by atoms with Crippen molar-refractivity contribution in [3.63, 3.8) is 0 Å². The molecule has 1 aromatic carbocycles. The van der Waals surface area contributed by atoms with E-state index >= 15 is 0 Å². The van der Waals surface area contributed by atoms with Gasteiger partial charge in [0.25, 0.3) is 5.91 Å². The first-order chi connectivity index (χ1) is 9.61. The number of halogens is 3. The molecule has 0 radical (unpaired) electrons. The second-order valence-corrected chi connectivity index (χ2v) is 5.20. The zero-order chi connectivity index (χ0) is 15.8. The van der Waals surface area contributed by atoms with Gasteiger partial charge in [-0.25, -0.2) is 9.69 Å². The molecule has 3 amide bonds. The number of hydrogen-bond donors (Lipinski definition) is 2. The molecule has 1 saturated heterocycles. The van der Waals surface area contributed by atoms with Crippen molar-refractivity contribution in [1.82, 2.24) is 10.2 Å². The van der Waals surface area contributed by atoms with Crippen LogP contribution < -0.4 is 10.6 Å². The largest absolute Gasteiger partial charge is 0.416 e. The summed E-state index contributed by atoms with van der Waals surface area (Å²) in [7, 11) is 0. The van der Waals surface area contributed by atoms with Crippen LogP contribution in [0.15, 0.2) is 24.3 Å². The molecule has 1 aliphatic rings. The van der Waals surface area contributed by atoms with E-state index in [0.29, 0.717) is 0 Å². The van der Waals surface area contributed by atoms with Gasteiger partial charge in [-0.3, -0.25) is 4.79 Å². The van der Waals surface area contributed by atoms with Crippen LogP contribution >= 0.6 is 0 Å². The monoisotopic (exact) mass is 301 g/mol. The van der Waals surface area contributed by atoms with E-state index in [9.17, 15) is 22.8 Å².